The Morgan fingerprint density at radius 1 is 1.31 bits per heavy atom. The van der Waals surface area contributed by atoms with Crippen molar-refractivity contribution in [3.63, 3.8) is 0 Å². The van der Waals surface area contributed by atoms with Gasteiger partial charge in [0.1, 0.15) is 12.7 Å². The third-order valence-electron chi connectivity index (χ3n) is 4.99. The highest BCUT2D eigenvalue weighted by Crippen LogP contribution is 2.36. The third-order valence-corrected chi connectivity index (χ3v) is 4.99. The van der Waals surface area contributed by atoms with Gasteiger partial charge in [0.25, 0.3) is 0 Å². The van der Waals surface area contributed by atoms with Crippen molar-refractivity contribution in [2.24, 2.45) is 5.92 Å². The van der Waals surface area contributed by atoms with Crippen molar-refractivity contribution in [2.45, 2.75) is 44.9 Å². The maximum absolute atomic E-state index is 13.4. The molecule has 1 saturated carbocycles. The lowest BCUT2D eigenvalue weighted by molar-refractivity contribution is -0.136. The molecule has 2 aromatic rings. The minimum Gasteiger partial charge on any atom is -0.376 e. The zero-order chi connectivity index (χ0) is 20.9. The van der Waals surface area contributed by atoms with E-state index < -0.39 is 17.8 Å². The van der Waals surface area contributed by atoms with Crippen LogP contribution < -0.4 is 10.6 Å². The predicted molar refractivity (Wildman–Crippen MR) is 101 cm³/mol. The van der Waals surface area contributed by atoms with E-state index in [1.165, 1.54) is 35.9 Å². The summed E-state index contributed by atoms with van der Waals surface area (Å²) in [6.07, 6.45) is 2.52. The minimum atomic E-state index is -4.64. The molecular formula is C19H24F3N5O2. The number of ether oxygens (including phenoxy) is 1. The maximum Gasteiger partial charge on any atom is 0.418 e. The monoisotopic (exact) mass is 411 g/mol. The first-order valence-corrected chi connectivity index (χ1v) is 9.57. The number of rotatable bonds is 6. The lowest BCUT2D eigenvalue weighted by Gasteiger charge is -2.28. The lowest BCUT2D eigenvalue weighted by Crippen LogP contribution is -2.34. The smallest absolute Gasteiger partial charge is 0.376 e. The van der Waals surface area contributed by atoms with E-state index in [1.54, 1.807) is 0 Å². The molecule has 7 nitrogen and oxygen atoms in total. The molecule has 0 aliphatic heterocycles. The summed E-state index contributed by atoms with van der Waals surface area (Å²) in [7, 11) is 0. The molecule has 1 aliphatic carbocycles. The van der Waals surface area contributed by atoms with E-state index in [0.717, 1.165) is 25.3 Å². The van der Waals surface area contributed by atoms with Gasteiger partial charge in [0.2, 0.25) is 0 Å². The Bertz CT molecular complexity index is 811. The number of carbonyl (C=O) groups is 1. The first-order chi connectivity index (χ1) is 13.8. The molecule has 0 unspecified atom stereocenters. The van der Waals surface area contributed by atoms with E-state index >= 15 is 0 Å². The molecule has 0 spiro atoms. The average molecular weight is 411 g/mol. The number of halogens is 3. The number of nitrogens with one attached hydrogen (secondary N) is 2. The molecule has 0 radical (unpaired) electrons. The van der Waals surface area contributed by atoms with E-state index in [9.17, 15) is 18.0 Å². The zero-order valence-corrected chi connectivity index (χ0v) is 16.1. The second-order valence-electron chi connectivity index (χ2n) is 7.12. The molecule has 1 heterocycles. The van der Waals surface area contributed by atoms with Crippen LogP contribution in [0.3, 0.4) is 0 Å². The molecule has 1 aliphatic rings. The maximum atomic E-state index is 13.4. The molecule has 1 fully saturated rings. The number of alkyl halides is 3. The molecule has 3 rings (SSSR count). The van der Waals surface area contributed by atoms with Gasteiger partial charge in [-0.2, -0.15) is 18.3 Å². The van der Waals surface area contributed by atoms with Crippen molar-refractivity contribution in [3.8, 4) is 5.69 Å². The Hall–Kier alpha value is -2.62. The van der Waals surface area contributed by atoms with Crippen LogP contribution in [0.1, 0.15) is 38.2 Å². The van der Waals surface area contributed by atoms with Gasteiger partial charge in [0.05, 0.1) is 29.6 Å². The fraction of sp³-hybridized carbons (Fsp3) is 0.526. The van der Waals surface area contributed by atoms with E-state index in [4.69, 9.17) is 4.74 Å². The second-order valence-corrected chi connectivity index (χ2v) is 7.12. The Kier molecular flexibility index (Phi) is 6.73. The number of aromatic nitrogens is 3. The van der Waals surface area contributed by atoms with Crippen LogP contribution in [0.25, 0.3) is 5.69 Å². The van der Waals surface area contributed by atoms with Gasteiger partial charge < -0.3 is 15.4 Å². The van der Waals surface area contributed by atoms with E-state index in [-0.39, 0.29) is 24.0 Å². The zero-order valence-electron chi connectivity index (χ0n) is 16.1. The number of hydrogen-bond acceptors (Lipinski definition) is 4. The fourth-order valence-electron chi connectivity index (χ4n) is 3.43. The Morgan fingerprint density at radius 2 is 2.10 bits per heavy atom. The van der Waals surface area contributed by atoms with Crippen LogP contribution in [0.2, 0.25) is 0 Å². The second kappa shape index (κ2) is 9.25. The highest BCUT2D eigenvalue weighted by Gasteiger charge is 2.34. The van der Waals surface area contributed by atoms with Crippen molar-refractivity contribution in [2.75, 3.05) is 18.5 Å². The van der Waals surface area contributed by atoms with Gasteiger partial charge in [-0.15, -0.1) is 0 Å². The van der Waals surface area contributed by atoms with Crippen LogP contribution in [-0.2, 0) is 10.9 Å². The summed E-state index contributed by atoms with van der Waals surface area (Å²) in [6, 6.07) is 2.81. The Morgan fingerprint density at radius 3 is 2.79 bits per heavy atom. The summed E-state index contributed by atoms with van der Waals surface area (Å²) in [4.78, 5) is 15.8. The van der Waals surface area contributed by atoms with E-state index in [2.05, 4.69) is 27.6 Å². The normalized spacial score (nSPS) is 19.7. The standard InChI is InChI=1S/C19H24F3N5O2/c1-13-4-2-3-5-17(13)29-9-8-24-18(28)26-16-7-6-14(27-12-23-11-25-27)10-15(16)19(20,21)22/h6-7,10-13,17H,2-5,8-9H2,1H3,(H2,24,26,28)/t13-,17+/m0/s1. The molecule has 2 amide bonds. The first-order valence-electron chi connectivity index (χ1n) is 9.57. The number of nitrogens with zero attached hydrogens (tertiary/aromatic N) is 3. The van der Waals surface area contributed by atoms with Crippen molar-refractivity contribution in [3.05, 3.63) is 36.4 Å². The number of carbonyl (C=O) groups excluding carboxylic acids is 1. The van der Waals surface area contributed by atoms with Gasteiger partial charge >= 0.3 is 12.2 Å². The molecule has 29 heavy (non-hydrogen) atoms. The Labute approximate surface area is 166 Å². The molecule has 2 N–H and O–H groups in total. The number of urea groups is 1. The molecular weight excluding hydrogens is 387 g/mol. The quantitative estimate of drug-likeness (QED) is 0.704. The topological polar surface area (TPSA) is 81.1 Å². The van der Waals surface area contributed by atoms with Gasteiger partial charge in [0, 0.05) is 6.54 Å². The summed E-state index contributed by atoms with van der Waals surface area (Å²) < 4.78 is 47.3. The molecule has 10 heteroatoms. The molecule has 1 aromatic heterocycles. The fourth-order valence-corrected chi connectivity index (χ4v) is 3.43. The number of hydrogen-bond donors (Lipinski definition) is 2. The highest BCUT2D eigenvalue weighted by molar-refractivity contribution is 5.90. The van der Waals surface area contributed by atoms with Crippen molar-refractivity contribution in [1.82, 2.24) is 20.1 Å². The third kappa shape index (κ3) is 5.69. The molecule has 158 valence electrons. The van der Waals surface area contributed by atoms with Crippen LogP contribution >= 0.6 is 0 Å². The first kappa shape index (κ1) is 21.1. The summed E-state index contributed by atoms with van der Waals surface area (Å²) in [5.74, 6) is 0.482. The molecule has 0 saturated heterocycles. The van der Waals surface area contributed by atoms with Crippen LogP contribution in [0, 0.1) is 5.92 Å². The predicted octanol–water partition coefficient (Wildman–Crippen LogP) is 4.00. The minimum absolute atomic E-state index is 0.176. The van der Waals surface area contributed by atoms with Gasteiger partial charge in [-0.1, -0.05) is 19.8 Å². The summed E-state index contributed by atoms with van der Waals surface area (Å²) in [5, 5.41) is 8.62. The highest BCUT2D eigenvalue weighted by atomic mass is 19.4. The van der Waals surface area contributed by atoms with Gasteiger partial charge in [-0.05, 0) is 37.0 Å². The Balaban J connectivity index is 1.56. The molecule has 0 bridgehead atoms. The van der Waals surface area contributed by atoms with E-state index in [1.807, 2.05) is 0 Å². The van der Waals surface area contributed by atoms with Gasteiger partial charge in [-0.25, -0.2) is 14.5 Å². The van der Waals surface area contributed by atoms with Gasteiger partial charge in [0.15, 0.2) is 0 Å². The summed E-state index contributed by atoms with van der Waals surface area (Å²) in [5.41, 5.74) is -1.11. The van der Waals surface area contributed by atoms with Crippen molar-refractivity contribution >= 4 is 11.7 Å². The van der Waals surface area contributed by atoms with Crippen LogP contribution in [0.15, 0.2) is 30.9 Å². The van der Waals surface area contributed by atoms with Crippen LogP contribution in [0.4, 0.5) is 23.7 Å². The largest absolute Gasteiger partial charge is 0.418 e. The lowest BCUT2D eigenvalue weighted by atomic mass is 9.88. The number of benzene rings is 1. The SMILES string of the molecule is C[C@H]1CCCC[C@H]1OCCNC(=O)Nc1ccc(-n2cncn2)cc1C(F)(F)F. The van der Waals surface area contributed by atoms with Crippen molar-refractivity contribution < 1.29 is 22.7 Å². The summed E-state index contributed by atoms with van der Waals surface area (Å²) in [6.45, 7) is 2.68. The molecule has 2 atom stereocenters. The van der Waals surface area contributed by atoms with Gasteiger partial charge in [-0.3, -0.25) is 0 Å². The average Bonchev–Trinajstić information content (AvgIpc) is 3.21. The molecule has 1 aromatic carbocycles. The van der Waals surface area contributed by atoms with Crippen LogP contribution in [-0.4, -0.2) is 40.1 Å². The van der Waals surface area contributed by atoms with Crippen LogP contribution in [0.5, 0.6) is 0 Å². The van der Waals surface area contributed by atoms with E-state index in [0.29, 0.717) is 12.5 Å². The number of anilines is 1. The summed E-state index contributed by atoms with van der Waals surface area (Å²) >= 11 is 0. The van der Waals surface area contributed by atoms with Crippen molar-refractivity contribution in [1.29, 1.82) is 0 Å². The number of amides is 2.